The maximum atomic E-state index is 4.72. The van der Waals surface area contributed by atoms with E-state index in [4.69, 9.17) is 4.98 Å². The van der Waals surface area contributed by atoms with Crippen molar-refractivity contribution < 1.29 is 5.56 Å². The predicted octanol–water partition coefficient (Wildman–Crippen LogP) is 8.15. The number of hydrogen-bond acceptors (Lipinski definition) is 2. The SMILES string of the molecule is C=CC(c1ccccc1-c1nccc[n+]1I)c1ccc2sc3cccc4c5ccc[n+](I)c5c1c2c34. The molecular weight excluding hydrogens is 688 g/mol. The Morgan fingerprint density at radius 3 is 2.42 bits per heavy atom. The first-order valence-corrected chi connectivity index (χ1v) is 14.4. The van der Waals surface area contributed by atoms with E-state index in [1.807, 2.05) is 29.8 Å². The summed E-state index contributed by atoms with van der Waals surface area (Å²) in [5.41, 5.74) is 4.85. The number of allylic oxidation sites excluding steroid dienone is 1. The van der Waals surface area contributed by atoms with Gasteiger partial charge in [-0.25, -0.2) is 0 Å². The van der Waals surface area contributed by atoms with Crippen LogP contribution in [0.4, 0.5) is 0 Å². The average Bonchev–Trinajstić information content (AvgIpc) is 3.29. The second-order valence-electron chi connectivity index (χ2n) is 8.82. The maximum absolute atomic E-state index is 4.72. The summed E-state index contributed by atoms with van der Waals surface area (Å²) in [6.07, 6.45) is 8.12. The van der Waals surface area contributed by atoms with E-state index in [1.54, 1.807) is 0 Å². The van der Waals surface area contributed by atoms with Gasteiger partial charge >= 0.3 is 28.7 Å². The van der Waals surface area contributed by atoms with Crippen LogP contribution in [0.2, 0.25) is 0 Å². The lowest BCUT2D eigenvalue weighted by molar-refractivity contribution is -0.431. The quantitative estimate of drug-likeness (QED) is 0.103. The molecule has 4 aromatic carbocycles. The first-order chi connectivity index (χ1) is 17.7. The molecule has 1 atom stereocenters. The fourth-order valence-electron chi connectivity index (χ4n) is 5.54. The number of nitrogens with zero attached hydrogens (tertiary/aromatic N) is 3. The van der Waals surface area contributed by atoms with Gasteiger partial charge in [0.15, 0.2) is 6.20 Å². The summed E-state index contributed by atoms with van der Waals surface area (Å²) in [5.74, 6) is 0.937. The Hall–Kier alpha value is -2.69. The van der Waals surface area contributed by atoms with Crippen molar-refractivity contribution in [1.29, 1.82) is 0 Å². The number of thiophene rings is 1. The molecule has 3 nitrogen and oxygen atoms in total. The van der Waals surface area contributed by atoms with Crippen LogP contribution in [0.15, 0.2) is 104 Å². The van der Waals surface area contributed by atoms with Gasteiger partial charge < -0.3 is 0 Å². The highest BCUT2D eigenvalue weighted by Gasteiger charge is 2.28. The molecule has 7 rings (SSSR count). The van der Waals surface area contributed by atoms with Gasteiger partial charge in [-0.05, 0) is 45.8 Å². The Balaban J connectivity index is 1.63. The smallest absolute Gasteiger partial charge is 0.169 e. The summed E-state index contributed by atoms with van der Waals surface area (Å²) >= 11 is 6.61. The van der Waals surface area contributed by atoms with E-state index in [9.17, 15) is 0 Å². The molecule has 0 saturated heterocycles. The monoisotopic (exact) mass is 707 g/mol. The lowest BCUT2D eigenvalue weighted by atomic mass is 9.83. The number of aromatic nitrogens is 3. The van der Waals surface area contributed by atoms with Crippen LogP contribution in [0.5, 0.6) is 0 Å². The fourth-order valence-corrected chi connectivity index (χ4v) is 7.93. The molecule has 7 aromatic rings. The molecule has 0 bridgehead atoms. The molecule has 0 amide bonds. The van der Waals surface area contributed by atoms with Gasteiger partial charge in [0.2, 0.25) is 28.4 Å². The number of fused-ring (bicyclic) bond motifs is 3. The first kappa shape index (κ1) is 22.5. The van der Waals surface area contributed by atoms with E-state index >= 15 is 0 Å². The molecule has 36 heavy (non-hydrogen) atoms. The zero-order chi connectivity index (χ0) is 24.4. The van der Waals surface area contributed by atoms with Gasteiger partial charge in [-0.15, -0.1) is 20.7 Å². The van der Waals surface area contributed by atoms with Gasteiger partial charge in [-0.3, -0.25) is 0 Å². The molecule has 0 spiro atoms. The topological polar surface area (TPSA) is 20.6 Å². The van der Waals surface area contributed by atoms with E-state index in [2.05, 4.69) is 137 Å². The first-order valence-electron chi connectivity index (χ1n) is 11.6. The van der Waals surface area contributed by atoms with Crippen LogP contribution in [0.25, 0.3) is 53.2 Å². The van der Waals surface area contributed by atoms with Crippen LogP contribution in [0, 0.1) is 0 Å². The van der Waals surface area contributed by atoms with Crippen molar-refractivity contribution in [3.8, 4) is 11.4 Å². The molecule has 0 aliphatic carbocycles. The minimum atomic E-state index is 0.00340. The van der Waals surface area contributed by atoms with Crippen LogP contribution in [-0.2, 0) is 0 Å². The van der Waals surface area contributed by atoms with Crippen molar-refractivity contribution in [3.63, 3.8) is 0 Å². The Kier molecular flexibility index (Phi) is 5.44. The van der Waals surface area contributed by atoms with Crippen molar-refractivity contribution in [2.75, 3.05) is 0 Å². The lowest BCUT2D eigenvalue weighted by Gasteiger charge is -2.19. The van der Waals surface area contributed by atoms with Gasteiger partial charge in [0.05, 0.1) is 16.3 Å². The molecule has 0 fully saturated rings. The van der Waals surface area contributed by atoms with Crippen molar-refractivity contribution in [2.45, 2.75) is 5.92 Å². The van der Waals surface area contributed by atoms with Crippen LogP contribution >= 0.6 is 57.1 Å². The number of halogens is 2. The van der Waals surface area contributed by atoms with Gasteiger partial charge in [0.25, 0.3) is 0 Å². The maximum Gasteiger partial charge on any atom is 0.354 e. The number of hydrogen-bond donors (Lipinski definition) is 0. The Morgan fingerprint density at radius 2 is 1.56 bits per heavy atom. The molecule has 0 aliphatic rings. The molecule has 0 aliphatic heterocycles. The van der Waals surface area contributed by atoms with Crippen LogP contribution in [0.1, 0.15) is 17.0 Å². The number of pyridine rings is 1. The molecule has 172 valence electrons. The highest BCUT2D eigenvalue weighted by Crippen LogP contribution is 2.48. The van der Waals surface area contributed by atoms with Crippen molar-refractivity contribution in [2.24, 2.45) is 0 Å². The van der Waals surface area contributed by atoms with E-state index in [-0.39, 0.29) is 5.92 Å². The summed E-state index contributed by atoms with van der Waals surface area (Å²) in [4.78, 5) is 4.72. The summed E-state index contributed by atoms with van der Waals surface area (Å²) in [5, 5.41) is 6.64. The molecule has 0 radical (unpaired) electrons. The lowest BCUT2D eigenvalue weighted by Crippen LogP contribution is -2.24. The van der Waals surface area contributed by atoms with E-state index in [1.165, 1.54) is 53.0 Å². The summed E-state index contributed by atoms with van der Waals surface area (Å²) in [6.45, 7) is 4.34. The largest absolute Gasteiger partial charge is 0.354 e. The second kappa shape index (κ2) is 8.71. The zero-order valence-electron chi connectivity index (χ0n) is 19.0. The second-order valence-corrected chi connectivity index (χ2v) is 12.0. The van der Waals surface area contributed by atoms with Crippen molar-refractivity contribution >= 4 is 98.9 Å². The standard InChI is InChI=1S/C30H19I2N3S/c1-2-18(19-8-3-4-9-23(19)30-33-15-7-17-35(30)32)21-13-14-25-28-26-20(10-5-12-24(26)36-25)22-11-6-16-34(31)29(22)27(21)28/h2-18H,1H2/q+2. The third-order valence-electron chi connectivity index (χ3n) is 6.98. The number of benzene rings is 4. The fraction of sp³-hybridized carbons (Fsp3) is 0.0333. The Morgan fingerprint density at radius 1 is 0.750 bits per heavy atom. The van der Waals surface area contributed by atoms with Crippen LogP contribution in [0.3, 0.4) is 0 Å². The molecule has 3 heterocycles. The highest BCUT2D eigenvalue weighted by atomic mass is 127. The van der Waals surface area contributed by atoms with E-state index < -0.39 is 0 Å². The van der Waals surface area contributed by atoms with Crippen molar-refractivity contribution in [1.82, 2.24) is 4.98 Å². The molecule has 0 N–H and O–H groups in total. The minimum absolute atomic E-state index is 0.00340. The minimum Gasteiger partial charge on any atom is -0.169 e. The van der Waals surface area contributed by atoms with E-state index in [0.717, 1.165) is 11.4 Å². The summed E-state index contributed by atoms with van der Waals surface area (Å²) in [6, 6.07) is 26.2. The normalized spacial score (nSPS) is 12.7. The Bertz CT molecular complexity index is 1960. The molecule has 0 saturated carbocycles. The molecule has 6 heteroatoms. The Labute approximate surface area is 240 Å². The van der Waals surface area contributed by atoms with Crippen LogP contribution in [-0.4, -0.2) is 4.98 Å². The van der Waals surface area contributed by atoms with Gasteiger partial charge in [-0.1, -0.05) is 42.5 Å². The summed E-state index contributed by atoms with van der Waals surface area (Å²) < 4.78 is 6.96. The van der Waals surface area contributed by atoms with Gasteiger partial charge in [0.1, 0.15) is 12.4 Å². The van der Waals surface area contributed by atoms with E-state index in [0.29, 0.717) is 0 Å². The molecular formula is C30H19I2N3S+2. The zero-order valence-corrected chi connectivity index (χ0v) is 24.2. The highest BCUT2D eigenvalue weighted by molar-refractivity contribution is 14.1. The van der Waals surface area contributed by atoms with Crippen molar-refractivity contribution in [3.05, 3.63) is 115 Å². The van der Waals surface area contributed by atoms with Crippen LogP contribution < -0.4 is 5.56 Å². The predicted molar refractivity (Wildman–Crippen MR) is 166 cm³/mol. The number of rotatable bonds is 4. The summed E-state index contributed by atoms with van der Waals surface area (Å²) in [7, 11) is 0. The molecule has 1 unspecified atom stereocenters. The van der Waals surface area contributed by atoms with Gasteiger partial charge in [0, 0.05) is 38.2 Å². The third-order valence-corrected chi connectivity index (χ3v) is 9.68. The van der Waals surface area contributed by atoms with Gasteiger partial charge in [-0.2, -0.15) is 2.78 Å². The molecule has 3 aromatic heterocycles. The average molecular weight is 707 g/mol. The third kappa shape index (κ3) is 3.23.